The van der Waals surface area contributed by atoms with Gasteiger partial charge in [0, 0.05) is 25.9 Å². The van der Waals surface area contributed by atoms with Crippen molar-refractivity contribution < 1.29 is 5.11 Å². The second-order valence-corrected chi connectivity index (χ2v) is 6.17. The minimum Gasteiger partial charge on any atom is -0.396 e. The number of nitrogens with zero attached hydrogens (tertiary/aromatic N) is 2. The van der Waals surface area contributed by atoms with Crippen LogP contribution in [0.15, 0.2) is 24.4 Å². The molecule has 2 aromatic heterocycles. The smallest absolute Gasteiger partial charge is 0.137 e. The standard InChI is InChI=1S/C16H25N3O/c1-13-14(19-9-5-4-7-15(19)18-13)11-17-12-16(2,3)8-6-10-20/h4-5,7,9,17,20H,6,8,10-12H2,1-3H3. The van der Waals surface area contributed by atoms with Gasteiger partial charge in [0.05, 0.1) is 11.4 Å². The highest BCUT2D eigenvalue weighted by Gasteiger charge is 2.17. The lowest BCUT2D eigenvalue weighted by atomic mass is 9.88. The van der Waals surface area contributed by atoms with Crippen molar-refractivity contribution in [1.29, 1.82) is 0 Å². The number of fused-ring (bicyclic) bond motifs is 1. The minimum atomic E-state index is 0.205. The first-order chi connectivity index (χ1) is 9.53. The average Bonchev–Trinajstić information content (AvgIpc) is 2.73. The Morgan fingerprint density at radius 2 is 2.15 bits per heavy atom. The molecule has 0 bridgehead atoms. The van der Waals surface area contributed by atoms with Gasteiger partial charge in [-0.2, -0.15) is 0 Å². The van der Waals surface area contributed by atoms with Gasteiger partial charge in [-0.3, -0.25) is 0 Å². The molecule has 2 heterocycles. The molecule has 0 saturated heterocycles. The van der Waals surface area contributed by atoms with E-state index in [9.17, 15) is 0 Å². The zero-order valence-electron chi connectivity index (χ0n) is 12.7. The number of nitrogens with one attached hydrogen (secondary N) is 1. The van der Waals surface area contributed by atoms with Gasteiger partial charge in [-0.25, -0.2) is 4.98 Å². The Morgan fingerprint density at radius 1 is 1.35 bits per heavy atom. The summed E-state index contributed by atoms with van der Waals surface area (Å²) in [4.78, 5) is 4.57. The summed E-state index contributed by atoms with van der Waals surface area (Å²) in [7, 11) is 0. The highest BCUT2D eigenvalue weighted by molar-refractivity contribution is 5.42. The first kappa shape index (κ1) is 15.0. The molecule has 0 radical (unpaired) electrons. The number of aromatic nitrogens is 2. The van der Waals surface area contributed by atoms with Crippen molar-refractivity contribution in [3.63, 3.8) is 0 Å². The third-order valence-corrected chi connectivity index (χ3v) is 3.74. The van der Waals surface area contributed by atoms with Crippen LogP contribution in [0.1, 0.15) is 38.1 Å². The number of hydrogen-bond acceptors (Lipinski definition) is 3. The van der Waals surface area contributed by atoms with E-state index in [-0.39, 0.29) is 12.0 Å². The van der Waals surface area contributed by atoms with Crippen molar-refractivity contribution in [3.05, 3.63) is 35.8 Å². The van der Waals surface area contributed by atoms with Crippen LogP contribution in [-0.4, -0.2) is 27.6 Å². The largest absolute Gasteiger partial charge is 0.396 e. The molecule has 0 aromatic carbocycles. The van der Waals surface area contributed by atoms with E-state index < -0.39 is 0 Å². The number of aryl methyl sites for hydroxylation is 1. The van der Waals surface area contributed by atoms with Crippen LogP contribution >= 0.6 is 0 Å². The van der Waals surface area contributed by atoms with E-state index in [1.54, 1.807) is 0 Å². The highest BCUT2D eigenvalue weighted by Crippen LogP contribution is 2.21. The van der Waals surface area contributed by atoms with E-state index in [4.69, 9.17) is 5.11 Å². The number of pyridine rings is 1. The van der Waals surface area contributed by atoms with Gasteiger partial charge in [0.1, 0.15) is 5.65 Å². The molecule has 2 aromatic rings. The zero-order chi connectivity index (χ0) is 14.6. The topological polar surface area (TPSA) is 49.6 Å². The SMILES string of the molecule is Cc1nc2ccccn2c1CNCC(C)(C)CCCO. The summed E-state index contributed by atoms with van der Waals surface area (Å²) in [6.07, 6.45) is 3.95. The zero-order valence-corrected chi connectivity index (χ0v) is 12.7. The molecule has 0 amide bonds. The van der Waals surface area contributed by atoms with Gasteiger partial charge in [-0.15, -0.1) is 0 Å². The Bertz CT molecular complexity index is 560. The molecule has 4 nitrogen and oxygen atoms in total. The Labute approximate surface area is 120 Å². The Balaban J connectivity index is 1.98. The van der Waals surface area contributed by atoms with Crippen molar-refractivity contribution >= 4 is 5.65 Å². The molecule has 20 heavy (non-hydrogen) atoms. The quantitative estimate of drug-likeness (QED) is 0.816. The maximum absolute atomic E-state index is 8.93. The van der Waals surface area contributed by atoms with Crippen molar-refractivity contribution in [2.24, 2.45) is 5.41 Å². The molecule has 0 spiro atoms. The summed E-state index contributed by atoms with van der Waals surface area (Å²) in [6.45, 7) is 8.55. The summed E-state index contributed by atoms with van der Waals surface area (Å²) in [5.74, 6) is 0. The van der Waals surface area contributed by atoms with Gasteiger partial charge >= 0.3 is 0 Å². The summed E-state index contributed by atoms with van der Waals surface area (Å²) < 4.78 is 2.14. The third kappa shape index (κ3) is 3.58. The lowest BCUT2D eigenvalue weighted by Crippen LogP contribution is -2.29. The van der Waals surface area contributed by atoms with Crippen LogP contribution in [-0.2, 0) is 6.54 Å². The average molecular weight is 275 g/mol. The number of rotatable bonds is 7. The summed E-state index contributed by atoms with van der Waals surface area (Å²) >= 11 is 0. The molecule has 0 aliphatic heterocycles. The molecule has 2 rings (SSSR count). The fourth-order valence-electron chi connectivity index (χ4n) is 2.54. The maximum Gasteiger partial charge on any atom is 0.137 e. The van der Waals surface area contributed by atoms with Crippen molar-refractivity contribution in [3.8, 4) is 0 Å². The Hall–Kier alpha value is -1.39. The second-order valence-electron chi connectivity index (χ2n) is 6.17. The summed E-state index contributed by atoms with van der Waals surface area (Å²) in [5, 5.41) is 12.5. The monoisotopic (exact) mass is 275 g/mol. The van der Waals surface area contributed by atoms with E-state index in [1.165, 1.54) is 5.69 Å². The van der Waals surface area contributed by atoms with E-state index in [1.807, 2.05) is 18.2 Å². The Morgan fingerprint density at radius 3 is 2.90 bits per heavy atom. The molecule has 0 aliphatic carbocycles. The number of imidazole rings is 1. The molecule has 0 atom stereocenters. The summed E-state index contributed by atoms with van der Waals surface area (Å²) in [6, 6.07) is 6.07. The lowest BCUT2D eigenvalue weighted by Gasteiger charge is -2.24. The fourth-order valence-corrected chi connectivity index (χ4v) is 2.54. The third-order valence-electron chi connectivity index (χ3n) is 3.74. The van der Waals surface area contributed by atoms with Crippen molar-refractivity contribution in [1.82, 2.24) is 14.7 Å². The van der Waals surface area contributed by atoms with Gasteiger partial charge in [0.2, 0.25) is 0 Å². The molecular formula is C16H25N3O. The van der Waals surface area contributed by atoms with E-state index in [0.717, 1.165) is 37.3 Å². The highest BCUT2D eigenvalue weighted by atomic mass is 16.2. The van der Waals surface area contributed by atoms with E-state index in [2.05, 4.69) is 41.7 Å². The van der Waals surface area contributed by atoms with E-state index in [0.29, 0.717) is 0 Å². The Kier molecular flexibility index (Phi) is 4.78. The van der Waals surface area contributed by atoms with Gasteiger partial charge < -0.3 is 14.8 Å². The second kappa shape index (κ2) is 6.37. The van der Waals surface area contributed by atoms with Crippen LogP contribution in [0.3, 0.4) is 0 Å². The number of aliphatic hydroxyl groups is 1. The first-order valence-corrected chi connectivity index (χ1v) is 7.28. The predicted molar refractivity (Wildman–Crippen MR) is 81.7 cm³/mol. The molecule has 0 unspecified atom stereocenters. The molecule has 0 saturated carbocycles. The van der Waals surface area contributed by atoms with Gasteiger partial charge in [0.25, 0.3) is 0 Å². The molecular weight excluding hydrogens is 250 g/mol. The number of aliphatic hydroxyl groups excluding tert-OH is 1. The van der Waals surface area contributed by atoms with Crippen molar-refractivity contribution in [2.45, 2.75) is 40.2 Å². The fraction of sp³-hybridized carbons (Fsp3) is 0.562. The molecule has 0 fully saturated rings. The van der Waals surface area contributed by atoms with Crippen LogP contribution in [0.5, 0.6) is 0 Å². The van der Waals surface area contributed by atoms with Crippen LogP contribution in [0.2, 0.25) is 0 Å². The molecule has 0 aliphatic rings. The van der Waals surface area contributed by atoms with Crippen LogP contribution in [0, 0.1) is 12.3 Å². The van der Waals surface area contributed by atoms with E-state index >= 15 is 0 Å². The molecule has 4 heteroatoms. The first-order valence-electron chi connectivity index (χ1n) is 7.28. The molecule has 2 N–H and O–H groups in total. The lowest BCUT2D eigenvalue weighted by molar-refractivity contribution is 0.236. The minimum absolute atomic E-state index is 0.205. The van der Waals surface area contributed by atoms with Crippen LogP contribution in [0.25, 0.3) is 5.65 Å². The maximum atomic E-state index is 8.93. The summed E-state index contributed by atoms with van der Waals surface area (Å²) in [5.41, 5.74) is 3.51. The van der Waals surface area contributed by atoms with Gasteiger partial charge in [-0.05, 0) is 37.3 Å². The normalized spacial score (nSPS) is 12.2. The van der Waals surface area contributed by atoms with Crippen LogP contribution < -0.4 is 5.32 Å². The predicted octanol–water partition coefficient (Wildman–Crippen LogP) is 2.53. The van der Waals surface area contributed by atoms with Crippen LogP contribution in [0.4, 0.5) is 0 Å². The van der Waals surface area contributed by atoms with Crippen molar-refractivity contribution in [2.75, 3.05) is 13.2 Å². The molecule has 110 valence electrons. The van der Waals surface area contributed by atoms with Gasteiger partial charge in [0.15, 0.2) is 0 Å². The van der Waals surface area contributed by atoms with Gasteiger partial charge in [-0.1, -0.05) is 19.9 Å². The number of hydrogen-bond donors (Lipinski definition) is 2.